The number of allylic oxidation sites excluding steroid dienone is 1. The maximum absolute atomic E-state index is 6.56. The van der Waals surface area contributed by atoms with E-state index in [-0.39, 0.29) is 0 Å². The van der Waals surface area contributed by atoms with Crippen molar-refractivity contribution in [3.8, 4) is 0 Å². The Labute approximate surface area is 37.2 Å². The quantitative estimate of drug-likeness (QED) is 0.424. The van der Waals surface area contributed by atoms with Crippen molar-refractivity contribution >= 4 is 5.87 Å². The number of nitrogens with one attached hydrogen (secondary N) is 1. The van der Waals surface area contributed by atoms with Crippen LogP contribution in [-0.2, 0) is 0 Å². The van der Waals surface area contributed by atoms with Crippen molar-refractivity contribution in [2.24, 2.45) is 5.92 Å². The molecule has 0 aromatic rings. The maximum atomic E-state index is 6.56. The van der Waals surface area contributed by atoms with Crippen molar-refractivity contribution in [2.45, 2.75) is 13.3 Å². The van der Waals surface area contributed by atoms with Crippen molar-refractivity contribution in [2.75, 3.05) is 0 Å². The summed E-state index contributed by atoms with van der Waals surface area (Å²) < 4.78 is 0. The molecule has 32 valence electrons. The van der Waals surface area contributed by atoms with Gasteiger partial charge in [0.15, 0.2) is 0 Å². The first-order valence-electron chi connectivity index (χ1n) is 2.13. The van der Waals surface area contributed by atoms with Gasteiger partial charge in [-0.2, -0.15) is 0 Å². The zero-order valence-electron chi connectivity index (χ0n) is 3.78. The smallest absolute Gasteiger partial charge is 0.00569 e. The molecule has 1 saturated carbocycles. The van der Waals surface area contributed by atoms with E-state index in [2.05, 4.69) is 12.8 Å². The average molecular weight is 81.1 g/mol. The molecule has 1 fully saturated rings. The van der Waals surface area contributed by atoms with Crippen LogP contribution in [-0.4, -0.2) is 5.87 Å². The van der Waals surface area contributed by atoms with Crippen LogP contribution in [0.2, 0.25) is 0 Å². The van der Waals surface area contributed by atoms with E-state index in [1.807, 2.05) is 0 Å². The molecule has 1 unspecified atom stereocenters. The monoisotopic (exact) mass is 81.1 g/mol. The first kappa shape index (κ1) is 3.63. The Hall–Kier alpha value is -0.550. The molecule has 0 bridgehead atoms. The summed E-state index contributed by atoms with van der Waals surface area (Å²) in [5, 5.41) is 6.56. The fraction of sp³-hybridized carbons (Fsp3) is 0.600. The second-order valence-corrected chi connectivity index (χ2v) is 1.76. The minimum Gasteiger partial charge on any atom is -0.259 e. The molecular weight excluding hydrogens is 74.1 g/mol. The van der Waals surface area contributed by atoms with E-state index in [1.54, 1.807) is 0 Å². The largest absolute Gasteiger partial charge is 0.259 e. The zero-order chi connectivity index (χ0) is 4.57. The lowest BCUT2D eigenvalue weighted by Crippen LogP contribution is -1.51. The number of hydrogen-bond donors (Lipinski definition) is 1. The van der Waals surface area contributed by atoms with Crippen LogP contribution in [0.25, 0.3) is 0 Å². The highest BCUT2D eigenvalue weighted by Crippen LogP contribution is 2.33. The Morgan fingerprint density at radius 3 is 2.50 bits per heavy atom. The van der Waals surface area contributed by atoms with Crippen LogP contribution in [0, 0.1) is 11.3 Å². The Bertz CT molecular complexity index is 109. The van der Waals surface area contributed by atoms with Crippen molar-refractivity contribution < 1.29 is 0 Å². The van der Waals surface area contributed by atoms with Crippen molar-refractivity contribution in [3.63, 3.8) is 0 Å². The Morgan fingerprint density at radius 1 is 2.00 bits per heavy atom. The van der Waals surface area contributed by atoms with Gasteiger partial charge in [-0.15, -0.1) is 0 Å². The summed E-state index contributed by atoms with van der Waals surface area (Å²) in [7, 11) is 0. The van der Waals surface area contributed by atoms with Crippen LogP contribution in [0.1, 0.15) is 13.3 Å². The van der Waals surface area contributed by atoms with E-state index in [4.69, 9.17) is 5.41 Å². The molecule has 1 nitrogen and oxygen atoms in total. The Balaban J connectivity index is 2.67. The molecule has 6 heavy (non-hydrogen) atoms. The van der Waals surface area contributed by atoms with Gasteiger partial charge in [0.25, 0.3) is 0 Å². The lowest BCUT2D eigenvalue weighted by Gasteiger charge is -1.57. The highest BCUT2D eigenvalue weighted by Gasteiger charge is 2.23. The van der Waals surface area contributed by atoms with E-state index < -0.39 is 0 Å². The van der Waals surface area contributed by atoms with Gasteiger partial charge in [-0.3, -0.25) is 5.41 Å². The molecule has 0 saturated heterocycles. The third-order valence-electron chi connectivity index (χ3n) is 1.12. The van der Waals surface area contributed by atoms with Gasteiger partial charge in [-0.1, -0.05) is 6.92 Å². The van der Waals surface area contributed by atoms with Crippen LogP contribution in [0.5, 0.6) is 0 Å². The lowest BCUT2D eigenvalue weighted by atomic mass is 10.5. The van der Waals surface area contributed by atoms with Gasteiger partial charge in [0.05, 0.1) is 0 Å². The molecule has 0 spiro atoms. The van der Waals surface area contributed by atoms with Crippen molar-refractivity contribution in [1.82, 2.24) is 0 Å². The highest BCUT2D eigenvalue weighted by molar-refractivity contribution is 5.60. The van der Waals surface area contributed by atoms with E-state index in [9.17, 15) is 0 Å². The summed E-state index contributed by atoms with van der Waals surface area (Å²) in [6.07, 6.45) is 1.11. The van der Waals surface area contributed by atoms with E-state index >= 15 is 0 Å². The highest BCUT2D eigenvalue weighted by atomic mass is 14.4. The fourth-order valence-corrected chi connectivity index (χ4v) is 0.445. The molecule has 1 aliphatic carbocycles. The average Bonchev–Trinajstić information content (AvgIpc) is 2.19. The normalized spacial score (nSPS) is 29.5. The molecule has 0 amide bonds. The van der Waals surface area contributed by atoms with Gasteiger partial charge in [0.2, 0.25) is 0 Å². The third kappa shape index (κ3) is 0.373. The van der Waals surface area contributed by atoms with Gasteiger partial charge in [-0.05, 0) is 23.8 Å². The summed E-state index contributed by atoms with van der Waals surface area (Å²) in [6.45, 7) is 2.11. The minimum atomic E-state index is 0.683. The summed E-state index contributed by atoms with van der Waals surface area (Å²) in [5.41, 5.74) is 1.18. The Morgan fingerprint density at radius 2 is 2.50 bits per heavy atom. The van der Waals surface area contributed by atoms with Crippen molar-refractivity contribution in [3.05, 3.63) is 5.57 Å². The van der Waals surface area contributed by atoms with Crippen LogP contribution in [0.3, 0.4) is 0 Å². The predicted molar refractivity (Wildman–Crippen MR) is 25.0 cm³/mol. The van der Waals surface area contributed by atoms with E-state index in [0.717, 1.165) is 6.42 Å². The molecule has 0 aromatic carbocycles. The summed E-state index contributed by atoms with van der Waals surface area (Å²) in [6, 6.07) is 0. The van der Waals surface area contributed by atoms with Gasteiger partial charge >= 0.3 is 0 Å². The predicted octanol–water partition coefficient (Wildman–Crippen LogP) is 1.20. The van der Waals surface area contributed by atoms with Crippen LogP contribution in [0.4, 0.5) is 0 Å². The second-order valence-electron chi connectivity index (χ2n) is 1.76. The van der Waals surface area contributed by atoms with E-state index in [1.165, 1.54) is 5.57 Å². The van der Waals surface area contributed by atoms with Crippen molar-refractivity contribution in [1.29, 1.82) is 5.41 Å². The zero-order valence-corrected chi connectivity index (χ0v) is 3.78. The van der Waals surface area contributed by atoms with Gasteiger partial charge < -0.3 is 0 Å². The molecule has 0 heterocycles. The first-order chi connectivity index (χ1) is 2.84. The number of hydrogen-bond acceptors (Lipinski definition) is 1. The molecule has 0 aromatic heterocycles. The van der Waals surface area contributed by atoms with Crippen LogP contribution < -0.4 is 0 Å². The molecule has 1 atom stereocenters. The molecule has 1 aliphatic rings. The molecule has 1 heteroatoms. The number of rotatable bonds is 0. The molecule has 1 N–H and O–H groups in total. The lowest BCUT2D eigenvalue weighted by molar-refractivity contribution is 1.02. The summed E-state index contributed by atoms with van der Waals surface area (Å²) in [5.74, 6) is 3.04. The second kappa shape index (κ2) is 0.954. The summed E-state index contributed by atoms with van der Waals surface area (Å²) >= 11 is 0. The molecule has 1 rings (SSSR count). The fourth-order valence-electron chi connectivity index (χ4n) is 0.445. The molecule has 0 aliphatic heterocycles. The van der Waals surface area contributed by atoms with Gasteiger partial charge in [-0.25, -0.2) is 0 Å². The van der Waals surface area contributed by atoms with E-state index in [0.29, 0.717) is 5.92 Å². The molecular formula is C5H7N. The van der Waals surface area contributed by atoms with Gasteiger partial charge in [0.1, 0.15) is 0 Å². The standard InChI is InChI=1S/C5H7N/c1-4-2-5(4)3-6/h4,6H,2H2,1H3. The SMILES string of the molecule is CC1CC1=C=N. The first-order valence-corrected chi connectivity index (χ1v) is 2.13. The third-order valence-corrected chi connectivity index (χ3v) is 1.12. The maximum Gasteiger partial charge on any atom is -0.00569 e. The van der Waals surface area contributed by atoms with Crippen LogP contribution >= 0.6 is 0 Å². The molecule has 0 radical (unpaired) electrons. The minimum absolute atomic E-state index is 0.683. The Kier molecular flexibility index (Phi) is 0.578. The summed E-state index contributed by atoms with van der Waals surface area (Å²) in [4.78, 5) is 0. The van der Waals surface area contributed by atoms with Crippen LogP contribution in [0.15, 0.2) is 5.57 Å². The van der Waals surface area contributed by atoms with Gasteiger partial charge in [0, 0.05) is 0 Å². The topological polar surface area (TPSA) is 23.9 Å².